The summed E-state index contributed by atoms with van der Waals surface area (Å²) >= 11 is 0. The van der Waals surface area contributed by atoms with Crippen LogP contribution in [0.5, 0.6) is 0 Å². The Bertz CT molecular complexity index is 712. The summed E-state index contributed by atoms with van der Waals surface area (Å²) in [6.07, 6.45) is 3.28. The van der Waals surface area contributed by atoms with Crippen molar-refractivity contribution in [2.24, 2.45) is 0 Å². The predicted molar refractivity (Wildman–Crippen MR) is 77.0 cm³/mol. The molecule has 0 aliphatic carbocycles. The molecule has 2 N–H and O–H groups in total. The third kappa shape index (κ3) is 2.73. The number of fused-ring (bicyclic) bond motifs is 1. The van der Waals surface area contributed by atoms with Gasteiger partial charge >= 0.3 is 0 Å². The lowest BCUT2D eigenvalue weighted by Crippen LogP contribution is -2.02. The van der Waals surface area contributed by atoms with Crippen LogP contribution in [0.4, 0.5) is 5.82 Å². The largest absolute Gasteiger partial charge is 0.392 e. The summed E-state index contributed by atoms with van der Waals surface area (Å²) in [5, 5.41) is 12.2. The summed E-state index contributed by atoms with van der Waals surface area (Å²) in [7, 11) is 0. The number of aliphatic hydroxyl groups excluding tert-OH is 1. The van der Waals surface area contributed by atoms with Crippen LogP contribution in [0.15, 0.2) is 48.8 Å². The standard InChI is InChI=1S/C15H14N4O/c20-10-12-3-1-11(2-4-12)9-18-14-6-5-13-15(19-14)17-8-7-16-13/h1-8,20H,9-10H2,(H,17,18,19). The summed E-state index contributed by atoms with van der Waals surface area (Å²) in [5.41, 5.74) is 3.45. The van der Waals surface area contributed by atoms with Gasteiger partial charge in [-0.1, -0.05) is 24.3 Å². The lowest BCUT2D eigenvalue weighted by Gasteiger charge is -2.06. The Labute approximate surface area is 116 Å². The van der Waals surface area contributed by atoms with Gasteiger partial charge in [-0.3, -0.25) is 4.98 Å². The number of hydrogen-bond acceptors (Lipinski definition) is 5. The SMILES string of the molecule is OCc1ccc(CNc2ccc3nccnc3n2)cc1. The van der Waals surface area contributed by atoms with Gasteiger partial charge in [0, 0.05) is 18.9 Å². The van der Waals surface area contributed by atoms with E-state index in [0.29, 0.717) is 12.2 Å². The molecule has 2 aromatic heterocycles. The van der Waals surface area contributed by atoms with Crippen LogP contribution in [0.3, 0.4) is 0 Å². The Balaban J connectivity index is 1.72. The summed E-state index contributed by atoms with van der Waals surface area (Å²) in [6, 6.07) is 11.6. The Morgan fingerprint density at radius 3 is 2.45 bits per heavy atom. The van der Waals surface area contributed by atoms with Crippen molar-refractivity contribution in [2.75, 3.05) is 5.32 Å². The van der Waals surface area contributed by atoms with Gasteiger partial charge in [-0.15, -0.1) is 0 Å². The Kier molecular flexibility index (Phi) is 3.52. The van der Waals surface area contributed by atoms with Gasteiger partial charge in [-0.25, -0.2) is 9.97 Å². The second-order valence-corrected chi connectivity index (χ2v) is 4.42. The highest BCUT2D eigenvalue weighted by atomic mass is 16.3. The van der Waals surface area contributed by atoms with Crippen LogP contribution in [0.1, 0.15) is 11.1 Å². The van der Waals surface area contributed by atoms with Gasteiger partial charge in [0.15, 0.2) is 5.65 Å². The van der Waals surface area contributed by atoms with E-state index in [-0.39, 0.29) is 6.61 Å². The second kappa shape index (κ2) is 5.63. The monoisotopic (exact) mass is 266 g/mol. The molecule has 0 bridgehead atoms. The zero-order chi connectivity index (χ0) is 13.8. The Hall–Kier alpha value is -2.53. The minimum absolute atomic E-state index is 0.0681. The van der Waals surface area contributed by atoms with E-state index in [4.69, 9.17) is 5.11 Å². The lowest BCUT2D eigenvalue weighted by atomic mass is 10.1. The molecular weight excluding hydrogens is 252 g/mol. The molecule has 0 fully saturated rings. The summed E-state index contributed by atoms with van der Waals surface area (Å²) in [5.74, 6) is 0.768. The van der Waals surface area contributed by atoms with Gasteiger partial charge in [0.1, 0.15) is 11.3 Å². The first-order valence-electron chi connectivity index (χ1n) is 6.35. The highest BCUT2D eigenvalue weighted by Gasteiger charge is 2.00. The summed E-state index contributed by atoms with van der Waals surface area (Å²) < 4.78 is 0. The maximum absolute atomic E-state index is 9.00. The molecule has 0 amide bonds. The quantitative estimate of drug-likeness (QED) is 0.757. The van der Waals surface area contributed by atoms with E-state index < -0.39 is 0 Å². The van der Waals surface area contributed by atoms with Crippen LogP contribution < -0.4 is 5.32 Å². The number of benzene rings is 1. The fourth-order valence-electron chi connectivity index (χ4n) is 1.91. The van der Waals surface area contributed by atoms with Gasteiger partial charge in [0.25, 0.3) is 0 Å². The topological polar surface area (TPSA) is 70.9 Å². The van der Waals surface area contributed by atoms with Crippen molar-refractivity contribution in [1.29, 1.82) is 0 Å². The molecule has 3 rings (SSSR count). The molecule has 0 saturated carbocycles. The lowest BCUT2D eigenvalue weighted by molar-refractivity contribution is 0.282. The van der Waals surface area contributed by atoms with E-state index in [1.807, 2.05) is 36.4 Å². The fraction of sp³-hybridized carbons (Fsp3) is 0.133. The van der Waals surface area contributed by atoms with Gasteiger partial charge < -0.3 is 10.4 Å². The number of aliphatic hydroxyl groups is 1. The molecule has 0 spiro atoms. The zero-order valence-electron chi connectivity index (χ0n) is 10.8. The maximum Gasteiger partial charge on any atom is 0.180 e. The average molecular weight is 266 g/mol. The minimum Gasteiger partial charge on any atom is -0.392 e. The smallest absolute Gasteiger partial charge is 0.180 e. The molecule has 5 nitrogen and oxygen atoms in total. The van der Waals surface area contributed by atoms with Gasteiger partial charge in [0.2, 0.25) is 0 Å². The molecule has 0 radical (unpaired) electrons. The summed E-state index contributed by atoms with van der Waals surface area (Å²) in [6.45, 7) is 0.739. The highest BCUT2D eigenvalue weighted by Crippen LogP contribution is 2.12. The number of rotatable bonds is 4. The predicted octanol–water partition coefficient (Wildman–Crippen LogP) is 2.13. The van der Waals surface area contributed by atoms with Crippen molar-refractivity contribution in [3.63, 3.8) is 0 Å². The average Bonchev–Trinajstić information content (AvgIpc) is 2.53. The van der Waals surface area contributed by atoms with Crippen molar-refractivity contribution in [1.82, 2.24) is 15.0 Å². The molecule has 3 aromatic rings. The number of anilines is 1. The van der Waals surface area contributed by atoms with E-state index in [1.165, 1.54) is 0 Å². The normalized spacial score (nSPS) is 10.7. The van der Waals surface area contributed by atoms with Crippen LogP contribution in [0.25, 0.3) is 11.2 Å². The van der Waals surface area contributed by atoms with Crippen LogP contribution in [0.2, 0.25) is 0 Å². The molecule has 20 heavy (non-hydrogen) atoms. The first kappa shape index (κ1) is 12.5. The first-order valence-corrected chi connectivity index (χ1v) is 6.35. The molecule has 0 aliphatic rings. The van der Waals surface area contributed by atoms with Crippen LogP contribution in [-0.4, -0.2) is 20.1 Å². The van der Waals surface area contributed by atoms with Crippen LogP contribution in [0, 0.1) is 0 Å². The number of pyridine rings is 1. The highest BCUT2D eigenvalue weighted by molar-refractivity contribution is 5.71. The third-order valence-electron chi connectivity index (χ3n) is 3.01. The van der Waals surface area contributed by atoms with E-state index in [0.717, 1.165) is 22.5 Å². The first-order chi connectivity index (χ1) is 9.85. The number of hydrogen-bond donors (Lipinski definition) is 2. The van der Waals surface area contributed by atoms with Crippen molar-refractivity contribution in [3.8, 4) is 0 Å². The molecule has 0 saturated heterocycles. The van der Waals surface area contributed by atoms with Crippen molar-refractivity contribution < 1.29 is 5.11 Å². The van der Waals surface area contributed by atoms with E-state index >= 15 is 0 Å². The van der Waals surface area contributed by atoms with E-state index in [1.54, 1.807) is 12.4 Å². The van der Waals surface area contributed by atoms with Gasteiger partial charge in [-0.05, 0) is 23.3 Å². The second-order valence-electron chi connectivity index (χ2n) is 4.42. The van der Waals surface area contributed by atoms with Crippen molar-refractivity contribution in [2.45, 2.75) is 13.2 Å². The molecular formula is C15H14N4O. The van der Waals surface area contributed by atoms with Crippen LogP contribution in [-0.2, 0) is 13.2 Å². The molecule has 2 heterocycles. The molecule has 5 heteroatoms. The van der Waals surface area contributed by atoms with E-state index in [2.05, 4.69) is 20.3 Å². The maximum atomic E-state index is 9.00. The third-order valence-corrected chi connectivity index (χ3v) is 3.01. The van der Waals surface area contributed by atoms with Gasteiger partial charge in [-0.2, -0.15) is 0 Å². The fourth-order valence-corrected chi connectivity index (χ4v) is 1.91. The van der Waals surface area contributed by atoms with E-state index in [9.17, 15) is 0 Å². The molecule has 0 unspecified atom stereocenters. The van der Waals surface area contributed by atoms with Crippen LogP contribution >= 0.6 is 0 Å². The molecule has 100 valence electrons. The minimum atomic E-state index is 0.0681. The number of nitrogens with zero attached hydrogens (tertiary/aromatic N) is 3. The molecule has 0 aliphatic heterocycles. The van der Waals surface area contributed by atoms with Gasteiger partial charge in [0.05, 0.1) is 6.61 Å². The molecule has 0 atom stereocenters. The number of aromatic nitrogens is 3. The molecule has 1 aromatic carbocycles. The van der Waals surface area contributed by atoms with Crippen molar-refractivity contribution >= 4 is 17.0 Å². The number of nitrogens with one attached hydrogen (secondary N) is 1. The summed E-state index contributed by atoms with van der Waals surface area (Å²) in [4.78, 5) is 12.8. The zero-order valence-corrected chi connectivity index (χ0v) is 10.8. The van der Waals surface area contributed by atoms with Crippen molar-refractivity contribution in [3.05, 3.63) is 59.9 Å². The Morgan fingerprint density at radius 2 is 1.65 bits per heavy atom. The Morgan fingerprint density at radius 1 is 0.900 bits per heavy atom.